The lowest BCUT2D eigenvalue weighted by Crippen LogP contribution is -2.13. The minimum atomic E-state index is -4.79. The first-order valence-electron chi connectivity index (χ1n) is 7.34. The van der Waals surface area contributed by atoms with Crippen molar-refractivity contribution >= 4 is 40.5 Å². The molecule has 0 aliphatic rings. The number of allylic oxidation sites excluding steroid dienone is 2. The number of oxime groups is 1. The Kier molecular flexibility index (Phi) is 6.18. The lowest BCUT2D eigenvalue weighted by molar-refractivity contribution is -0.0688. The molecule has 0 saturated heterocycles. The van der Waals surface area contributed by atoms with E-state index in [1.54, 1.807) is 0 Å². The number of carboxylic acids is 1. The standard InChI is InChI=1S/C18H12Cl2F3NO3/c1-9-4-10(2-3-14(9)17(25)26)16(24-27)8-15(18(21,22)23)11-5-12(19)7-13(20)6-11/h2-8,27H,1H3,(H,25,26)/b15-8-,24-16+. The fourth-order valence-electron chi connectivity index (χ4n) is 2.41. The molecule has 2 aromatic carbocycles. The summed E-state index contributed by atoms with van der Waals surface area (Å²) in [5, 5.41) is 21.2. The number of rotatable bonds is 4. The van der Waals surface area contributed by atoms with Crippen LogP contribution in [0, 0.1) is 6.92 Å². The fraction of sp³-hybridized carbons (Fsp3) is 0.111. The van der Waals surface area contributed by atoms with E-state index in [9.17, 15) is 23.2 Å². The van der Waals surface area contributed by atoms with E-state index in [0.717, 1.165) is 12.1 Å². The molecule has 0 heterocycles. The number of hydrogen-bond donors (Lipinski definition) is 2. The Hall–Kier alpha value is -2.51. The zero-order chi connectivity index (χ0) is 20.4. The van der Waals surface area contributed by atoms with Gasteiger partial charge >= 0.3 is 12.1 Å². The van der Waals surface area contributed by atoms with Gasteiger partial charge in [-0.05, 0) is 54.5 Å². The number of alkyl halides is 3. The van der Waals surface area contributed by atoms with Crippen LogP contribution in [0.1, 0.15) is 27.0 Å². The fourth-order valence-corrected chi connectivity index (χ4v) is 2.93. The third-order valence-corrected chi connectivity index (χ3v) is 4.06. The maximum Gasteiger partial charge on any atom is 0.417 e. The summed E-state index contributed by atoms with van der Waals surface area (Å²) in [6, 6.07) is 7.24. The van der Waals surface area contributed by atoms with Crippen LogP contribution in [-0.4, -0.2) is 28.2 Å². The van der Waals surface area contributed by atoms with Crippen LogP contribution in [-0.2, 0) is 0 Å². The molecule has 0 aromatic heterocycles. The molecule has 2 rings (SSSR count). The van der Waals surface area contributed by atoms with Gasteiger partial charge in [-0.15, -0.1) is 0 Å². The van der Waals surface area contributed by atoms with Gasteiger partial charge in [-0.3, -0.25) is 0 Å². The summed E-state index contributed by atoms with van der Waals surface area (Å²) < 4.78 is 40.7. The van der Waals surface area contributed by atoms with Gasteiger partial charge in [0.15, 0.2) is 0 Å². The van der Waals surface area contributed by atoms with Crippen molar-refractivity contribution in [2.75, 3.05) is 0 Å². The third kappa shape index (κ3) is 5.02. The third-order valence-electron chi connectivity index (χ3n) is 3.62. The minimum absolute atomic E-state index is 0.0109. The van der Waals surface area contributed by atoms with Crippen molar-refractivity contribution < 1.29 is 28.3 Å². The van der Waals surface area contributed by atoms with Crippen molar-refractivity contribution in [1.82, 2.24) is 0 Å². The van der Waals surface area contributed by atoms with Crippen molar-refractivity contribution in [2.24, 2.45) is 5.16 Å². The summed E-state index contributed by atoms with van der Waals surface area (Å²) in [7, 11) is 0. The molecule has 27 heavy (non-hydrogen) atoms. The Morgan fingerprint density at radius 2 is 1.67 bits per heavy atom. The predicted octanol–water partition coefficient (Wildman–Crippen LogP) is 5.82. The van der Waals surface area contributed by atoms with E-state index in [-0.39, 0.29) is 26.7 Å². The van der Waals surface area contributed by atoms with Gasteiger partial charge in [0.25, 0.3) is 0 Å². The van der Waals surface area contributed by atoms with E-state index in [0.29, 0.717) is 11.6 Å². The average Bonchev–Trinajstić information content (AvgIpc) is 2.53. The van der Waals surface area contributed by atoms with E-state index in [2.05, 4.69) is 5.16 Å². The molecule has 0 aliphatic carbocycles. The highest BCUT2D eigenvalue weighted by Gasteiger charge is 2.35. The Morgan fingerprint density at radius 1 is 1.07 bits per heavy atom. The molecule has 0 bridgehead atoms. The number of carbonyl (C=O) groups is 1. The largest absolute Gasteiger partial charge is 0.478 e. The quantitative estimate of drug-likeness (QED) is 0.373. The molecular weight excluding hydrogens is 406 g/mol. The Labute approximate surface area is 162 Å². The number of halogens is 5. The smallest absolute Gasteiger partial charge is 0.417 e. The highest BCUT2D eigenvalue weighted by molar-refractivity contribution is 6.35. The molecule has 0 fully saturated rings. The molecule has 2 aromatic rings. The number of nitrogens with zero attached hydrogens (tertiary/aromatic N) is 1. The predicted molar refractivity (Wildman–Crippen MR) is 97.0 cm³/mol. The van der Waals surface area contributed by atoms with Gasteiger partial charge in [0.1, 0.15) is 5.71 Å². The van der Waals surface area contributed by atoms with Crippen LogP contribution in [0.15, 0.2) is 47.6 Å². The highest BCUT2D eigenvalue weighted by atomic mass is 35.5. The van der Waals surface area contributed by atoms with Crippen molar-refractivity contribution in [1.29, 1.82) is 0 Å². The normalized spacial score (nSPS) is 13.0. The molecular formula is C18H12Cl2F3NO3. The average molecular weight is 418 g/mol. The van der Waals surface area contributed by atoms with Gasteiger partial charge < -0.3 is 10.3 Å². The number of carboxylic acid groups (broad SMARTS) is 1. The molecule has 0 aliphatic heterocycles. The van der Waals surface area contributed by atoms with Gasteiger partial charge in [-0.2, -0.15) is 13.2 Å². The summed E-state index contributed by atoms with van der Waals surface area (Å²) in [5.41, 5.74) is -1.44. The Balaban J connectivity index is 2.61. The molecule has 0 spiro atoms. The molecule has 0 unspecified atom stereocenters. The Morgan fingerprint density at radius 3 is 2.11 bits per heavy atom. The SMILES string of the molecule is Cc1cc(C(/C=C(/c2cc(Cl)cc(Cl)c2)C(F)(F)F)=N/O)ccc1C(=O)O. The van der Waals surface area contributed by atoms with Crippen LogP contribution in [0.2, 0.25) is 10.0 Å². The first-order valence-corrected chi connectivity index (χ1v) is 8.10. The molecule has 0 atom stereocenters. The van der Waals surface area contributed by atoms with Crippen molar-refractivity contribution in [3.8, 4) is 0 Å². The first-order chi connectivity index (χ1) is 12.5. The van der Waals surface area contributed by atoms with Gasteiger partial charge in [0.05, 0.1) is 11.1 Å². The molecule has 4 nitrogen and oxygen atoms in total. The summed E-state index contributed by atoms with van der Waals surface area (Å²) in [6.07, 6.45) is -4.16. The lowest BCUT2D eigenvalue weighted by Gasteiger charge is -2.14. The second-order valence-corrected chi connectivity index (χ2v) is 6.41. The van der Waals surface area contributed by atoms with Crippen molar-refractivity contribution in [3.63, 3.8) is 0 Å². The van der Waals surface area contributed by atoms with Gasteiger partial charge in [0.2, 0.25) is 0 Å². The van der Waals surface area contributed by atoms with E-state index in [1.165, 1.54) is 31.2 Å². The number of aryl methyl sites for hydroxylation is 1. The minimum Gasteiger partial charge on any atom is -0.478 e. The van der Waals surface area contributed by atoms with Gasteiger partial charge in [-0.1, -0.05) is 34.4 Å². The molecule has 0 radical (unpaired) electrons. The second kappa shape index (κ2) is 8.02. The molecule has 0 saturated carbocycles. The topological polar surface area (TPSA) is 69.9 Å². The molecule has 142 valence electrons. The van der Waals surface area contributed by atoms with E-state index in [4.69, 9.17) is 28.3 Å². The zero-order valence-electron chi connectivity index (χ0n) is 13.7. The maximum atomic E-state index is 13.6. The lowest BCUT2D eigenvalue weighted by atomic mass is 9.98. The number of benzene rings is 2. The summed E-state index contributed by atoms with van der Waals surface area (Å²) in [5.74, 6) is -1.18. The number of hydrogen-bond acceptors (Lipinski definition) is 3. The molecule has 2 N–H and O–H groups in total. The first kappa shape index (κ1) is 20.8. The van der Waals surface area contributed by atoms with Crippen LogP contribution < -0.4 is 0 Å². The maximum absolute atomic E-state index is 13.6. The van der Waals surface area contributed by atoms with E-state index < -0.39 is 23.4 Å². The van der Waals surface area contributed by atoms with Crippen LogP contribution in [0.3, 0.4) is 0 Å². The van der Waals surface area contributed by atoms with Crippen LogP contribution in [0.25, 0.3) is 5.57 Å². The number of aromatic carboxylic acids is 1. The van der Waals surface area contributed by atoms with Crippen molar-refractivity contribution in [2.45, 2.75) is 13.1 Å². The molecule has 9 heteroatoms. The highest BCUT2D eigenvalue weighted by Crippen LogP contribution is 2.36. The van der Waals surface area contributed by atoms with E-state index in [1.807, 2.05) is 0 Å². The monoisotopic (exact) mass is 417 g/mol. The second-order valence-electron chi connectivity index (χ2n) is 5.53. The Bertz CT molecular complexity index is 933. The summed E-state index contributed by atoms with van der Waals surface area (Å²) in [4.78, 5) is 11.1. The van der Waals surface area contributed by atoms with E-state index >= 15 is 0 Å². The van der Waals surface area contributed by atoms with Crippen LogP contribution in [0.5, 0.6) is 0 Å². The van der Waals surface area contributed by atoms with Crippen LogP contribution >= 0.6 is 23.2 Å². The zero-order valence-corrected chi connectivity index (χ0v) is 15.2. The van der Waals surface area contributed by atoms with Gasteiger partial charge in [-0.25, -0.2) is 4.79 Å². The summed E-state index contributed by atoms with van der Waals surface area (Å²) in [6.45, 7) is 1.48. The summed E-state index contributed by atoms with van der Waals surface area (Å²) >= 11 is 11.6. The van der Waals surface area contributed by atoms with Gasteiger partial charge in [0, 0.05) is 15.6 Å². The van der Waals surface area contributed by atoms with Crippen molar-refractivity contribution in [3.05, 3.63) is 74.8 Å². The molecule has 0 amide bonds. The van der Waals surface area contributed by atoms with Crippen LogP contribution in [0.4, 0.5) is 13.2 Å².